The Hall–Kier alpha value is -2.69. The van der Waals surface area contributed by atoms with Crippen LogP contribution < -0.4 is 0 Å². The highest BCUT2D eigenvalue weighted by Gasteiger charge is 2.14. The summed E-state index contributed by atoms with van der Waals surface area (Å²) in [5, 5.41) is 0.799. The van der Waals surface area contributed by atoms with Gasteiger partial charge in [0.1, 0.15) is 12.1 Å². The van der Waals surface area contributed by atoms with Crippen molar-refractivity contribution in [2.45, 2.75) is 19.8 Å². The number of hydrogen-bond acceptors (Lipinski definition) is 4. The Kier molecular flexibility index (Phi) is 4.14. The number of esters is 1. The molecule has 112 valence electrons. The van der Waals surface area contributed by atoms with Gasteiger partial charge in [-0.05, 0) is 18.6 Å². The molecule has 0 fully saturated rings. The average molecular weight is 295 g/mol. The predicted molar refractivity (Wildman–Crippen MR) is 84.1 cm³/mol. The monoisotopic (exact) mass is 295 g/mol. The van der Waals surface area contributed by atoms with Crippen LogP contribution in [0.1, 0.15) is 30.1 Å². The van der Waals surface area contributed by atoms with Crippen LogP contribution in [0.15, 0.2) is 49.1 Å². The average Bonchev–Trinajstić information content (AvgIpc) is 3.08. The number of carbonyl (C=O) groups is 1. The van der Waals surface area contributed by atoms with Gasteiger partial charge in [0.2, 0.25) is 0 Å². The van der Waals surface area contributed by atoms with E-state index in [1.54, 1.807) is 29.4 Å². The number of unbranched alkanes of at least 4 members (excludes halogenated alkanes) is 1. The van der Waals surface area contributed by atoms with Crippen molar-refractivity contribution in [3.05, 3.63) is 54.6 Å². The first-order valence-corrected chi connectivity index (χ1v) is 7.35. The lowest BCUT2D eigenvalue weighted by Crippen LogP contribution is -2.09. The van der Waals surface area contributed by atoms with E-state index in [0.717, 1.165) is 23.7 Å². The second kappa shape index (κ2) is 6.39. The first-order valence-electron chi connectivity index (χ1n) is 7.35. The summed E-state index contributed by atoms with van der Waals surface area (Å²) < 4.78 is 7.13. The lowest BCUT2D eigenvalue weighted by molar-refractivity contribution is 0.0502. The molecular weight excluding hydrogens is 278 g/mol. The van der Waals surface area contributed by atoms with E-state index in [2.05, 4.69) is 16.9 Å². The number of pyridine rings is 1. The molecule has 0 aliphatic carbocycles. The van der Waals surface area contributed by atoms with Crippen LogP contribution in [-0.2, 0) is 4.74 Å². The van der Waals surface area contributed by atoms with E-state index < -0.39 is 0 Å². The van der Waals surface area contributed by atoms with Gasteiger partial charge >= 0.3 is 5.97 Å². The standard InChI is InChI=1S/C17H17N3O2/c1-2-3-10-22-17(21)14-11-16(20-9-8-18-12-20)19-15-7-5-4-6-13(14)15/h4-9,11-12H,2-3,10H2,1H3. The largest absolute Gasteiger partial charge is 0.462 e. The molecule has 0 saturated carbocycles. The first-order chi connectivity index (χ1) is 10.8. The van der Waals surface area contributed by atoms with Crippen molar-refractivity contribution < 1.29 is 9.53 Å². The topological polar surface area (TPSA) is 57.0 Å². The van der Waals surface area contributed by atoms with Gasteiger partial charge in [-0.3, -0.25) is 4.57 Å². The van der Waals surface area contributed by atoms with Crippen molar-refractivity contribution in [3.63, 3.8) is 0 Å². The second-order valence-corrected chi connectivity index (χ2v) is 5.00. The summed E-state index contributed by atoms with van der Waals surface area (Å²) in [6.07, 6.45) is 6.98. The Morgan fingerprint density at radius 3 is 2.95 bits per heavy atom. The fourth-order valence-corrected chi connectivity index (χ4v) is 2.24. The van der Waals surface area contributed by atoms with Gasteiger partial charge in [0.05, 0.1) is 17.7 Å². The summed E-state index contributed by atoms with van der Waals surface area (Å²) in [4.78, 5) is 21.0. The van der Waals surface area contributed by atoms with Crippen molar-refractivity contribution in [1.29, 1.82) is 0 Å². The molecule has 0 bridgehead atoms. The van der Waals surface area contributed by atoms with Gasteiger partial charge in [0.25, 0.3) is 0 Å². The van der Waals surface area contributed by atoms with Gasteiger partial charge in [-0.1, -0.05) is 31.5 Å². The molecule has 2 heterocycles. The molecule has 3 rings (SSSR count). The molecule has 2 aromatic heterocycles. The number of imidazole rings is 1. The highest BCUT2D eigenvalue weighted by molar-refractivity contribution is 6.03. The van der Waals surface area contributed by atoms with Gasteiger partial charge < -0.3 is 4.74 Å². The normalized spacial score (nSPS) is 10.8. The van der Waals surface area contributed by atoms with Crippen LogP contribution >= 0.6 is 0 Å². The molecule has 0 aliphatic heterocycles. The van der Waals surface area contributed by atoms with Gasteiger partial charge in [-0.15, -0.1) is 0 Å². The zero-order chi connectivity index (χ0) is 15.4. The summed E-state index contributed by atoms with van der Waals surface area (Å²) >= 11 is 0. The minimum absolute atomic E-state index is 0.312. The SMILES string of the molecule is CCCCOC(=O)c1cc(-n2ccnc2)nc2ccccc12. The van der Waals surface area contributed by atoms with E-state index in [9.17, 15) is 4.79 Å². The Morgan fingerprint density at radius 2 is 2.18 bits per heavy atom. The molecule has 1 aromatic carbocycles. The number of para-hydroxylation sites is 1. The summed E-state index contributed by atoms with van der Waals surface area (Å²) in [5.74, 6) is 0.340. The Morgan fingerprint density at radius 1 is 1.32 bits per heavy atom. The van der Waals surface area contributed by atoms with Gasteiger partial charge in [-0.25, -0.2) is 14.8 Å². The molecule has 0 aliphatic rings. The van der Waals surface area contributed by atoms with Crippen LogP contribution in [0.3, 0.4) is 0 Å². The second-order valence-electron chi connectivity index (χ2n) is 5.00. The van der Waals surface area contributed by atoms with E-state index >= 15 is 0 Å². The molecular formula is C17H17N3O2. The summed E-state index contributed by atoms with van der Waals surface area (Å²) in [6, 6.07) is 9.32. The number of ether oxygens (including phenoxy) is 1. The Bertz CT molecular complexity index is 782. The van der Waals surface area contributed by atoms with Crippen LogP contribution in [0.25, 0.3) is 16.7 Å². The van der Waals surface area contributed by atoms with Crippen LogP contribution in [0, 0.1) is 0 Å². The maximum absolute atomic E-state index is 12.4. The number of fused-ring (bicyclic) bond motifs is 1. The van der Waals surface area contributed by atoms with E-state index in [1.165, 1.54) is 0 Å². The number of hydrogen-bond donors (Lipinski definition) is 0. The fourth-order valence-electron chi connectivity index (χ4n) is 2.24. The number of rotatable bonds is 5. The Labute approximate surface area is 128 Å². The Balaban J connectivity index is 2.05. The van der Waals surface area contributed by atoms with Crippen LogP contribution in [0.5, 0.6) is 0 Å². The molecule has 0 radical (unpaired) electrons. The van der Waals surface area contributed by atoms with Crippen molar-refractivity contribution in [1.82, 2.24) is 14.5 Å². The number of nitrogens with zero attached hydrogens (tertiary/aromatic N) is 3. The van der Waals surface area contributed by atoms with Crippen molar-refractivity contribution in [3.8, 4) is 5.82 Å². The lowest BCUT2D eigenvalue weighted by Gasteiger charge is -2.10. The molecule has 5 heteroatoms. The molecule has 5 nitrogen and oxygen atoms in total. The fraction of sp³-hybridized carbons (Fsp3) is 0.235. The predicted octanol–water partition coefficient (Wildman–Crippen LogP) is 3.38. The molecule has 0 unspecified atom stereocenters. The van der Waals surface area contributed by atoms with Gasteiger partial charge in [0, 0.05) is 17.8 Å². The van der Waals surface area contributed by atoms with Crippen molar-refractivity contribution in [2.24, 2.45) is 0 Å². The van der Waals surface area contributed by atoms with E-state index in [-0.39, 0.29) is 5.97 Å². The highest BCUT2D eigenvalue weighted by Crippen LogP contribution is 2.21. The third-order valence-electron chi connectivity index (χ3n) is 3.42. The minimum Gasteiger partial charge on any atom is -0.462 e. The maximum atomic E-state index is 12.4. The molecule has 3 aromatic rings. The third kappa shape index (κ3) is 2.83. The van der Waals surface area contributed by atoms with Crippen molar-refractivity contribution in [2.75, 3.05) is 6.61 Å². The number of benzene rings is 1. The highest BCUT2D eigenvalue weighted by atomic mass is 16.5. The lowest BCUT2D eigenvalue weighted by atomic mass is 10.1. The number of carbonyl (C=O) groups excluding carboxylic acids is 1. The zero-order valence-corrected chi connectivity index (χ0v) is 12.4. The zero-order valence-electron chi connectivity index (χ0n) is 12.4. The quantitative estimate of drug-likeness (QED) is 0.535. The number of aromatic nitrogens is 3. The maximum Gasteiger partial charge on any atom is 0.338 e. The van der Waals surface area contributed by atoms with Crippen molar-refractivity contribution >= 4 is 16.9 Å². The van der Waals surface area contributed by atoms with Gasteiger partial charge in [-0.2, -0.15) is 0 Å². The van der Waals surface area contributed by atoms with E-state index in [1.807, 2.05) is 24.3 Å². The molecule has 0 N–H and O–H groups in total. The summed E-state index contributed by atoms with van der Waals surface area (Å²) in [7, 11) is 0. The molecule has 0 amide bonds. The smallest absolute Gasteiger partial charge is 0.338 e. The summed E-state index contributed by atoms with van der Waals surface area (Å²) in [5.41, 5.74) is 1.29. The van der Waals surface area contributed by atoms with E-state index in [0.29, 0.717) is 18.0 Å². The molecule has 0 spiro atoms. The minimum atomic E-state index is -0.312. The first kappa shape index (κ1) is 14.3. The molecule has 0 atom stereocenters. The van der Waals surface area contributed by atoms with Crippen LogP contribution in [0.4, 0.5) is 0 Å². The van der Waals surface area contributed by atoms with E-state index in [4.69, 9.17) is 4.74 Å². The molecule has 22 heavy (non-hydrogen) atoms. The third-order valence-corrected chi connectivity index (χ3v) is 3.42. The molecule has 0 saturated heterocycles. The van der Waals surface area contributed by atoms with Crippen LogP contribution in [0.2, 0.25) is 0 Å². The van der Waals surface area contributed by atoms with Crippen LogP contribution in [-0.4, -0.2) is 27.1 Å². The van der Waals surface area contributed by atoms with Gasteiger partial charge in [0.15, 0.2) is 0 Å². The summed E-state index contributed by atoms with van der Waals surface area (Å²) in [6.45, 7) is 2.50.